The zero-order chi connectivity index (χ0) is 14.7. The van der Waals surface area contributed by atoms with Crippen LogP contribution >= 0.6 is 15.9 Å². The van der Waals surface area contributed by atoms with E-state index in [0.29, 0.717) is 5.41 Å². The average molecular weight is 353 g/mol. The van der Waals surface area contributed by atoms with Gasteiger partial charge in [-0.3, -0.25) is 0 Å². The van der Waals surface area contributed by atoms with E-state index in [9.17, 15) is 0 Å². The minimum Gasteiger partial charge on any atom is -0.385 e. The summed E-state index contributed by atoms with van der Waals surface area (Å²) in [5, 5.41) is 7.84. The number of aromatic nitrogens is 3. The van der Waals surface area contributed by atoms with Crippen molar-refractivity contribution in [2.45, 2.75) is 32.1 Å². The Balaban J connectivity index is 1.77. The van der Waals surface area contributed by atoms with E-state index in [1.165, 1.54) is 25.7 Å². The molecule has 0 aliphatic heterocycles. The Hall–Kier alpha value is -1.14. The molecule has 1 aliphatic carbocycles. The Bertz CT molecular complexity index is 607. The molecule has 1 N–H and O–H groups in total. The molecule has 0 unspecified atom stereocenters. The lowest BCUT2D eigenvalue weighted by atomic mass is 9.83. The van der Waals surface area contributed by atoms with E-state index in [1.807, 2.05) is 10.7 Å². The smallest absolute Gasteiger partial charge is 0.153 e. The maximum atomic E-state index is 5.29. The Labute approximate surface area is 133 Å². The molecule has 114 valence electrons. The third kappa shape index (κ3) is 3.06. The van der Waals surface area contributed by atoms with Gasteiger partial charge in [-0.1, -0.05) is 12.8 Å². The lowest BCUT2D eigenvalue weighted by Gasteiger charge is -2.29. The van der Waals surface area contributed by atoms with Gasteiger partial charge in [0.15, 0.2) is 5.82 Å². The van der Waals surface area contributed by atoms with Crippen LogP contribution in [0.2, 0.25) is 0 Å². The van der Waals surface area contributed by atoms with Crippen LogP contribution in [0.15, 0.2) is 23.1 Å². The first-order valence-electron chi connectivity index (χ1n) is 7.45. The monoisotopic (exact) mass is 352 g/mol. The van der Waals surface area contributed by atoms with Gasteiger partial charge < -0.3 is 10.1 Å². The van der Waals surface area contributed by atoms with Crippen LogP contribution in [0.1, 0.15) is 32.1 Å². The standard InChI is InChI=1S/C15H21BrN4O/c1-21-9-6-15(4-2-3-5-15)11-18-14-13-12(16)10-19-20(13)8-7-17-14/h7-8,10H,2-6,9,11H2,1H3,(H,17,18). The summed E-state index contributed by atoms with van der Waals surface area (Å²) in [6.07, 6.45) is 11.7. The van der Waals surface area contributed by atoms with Crippen molar-refractivity contribution in [3.8, 4) is 0 Å². The van der Waals surface area contributed by atoms with Crippen molar-refractivity contribution in [2.75, 3.05) is 25.6 Å². The van der Waals surface area contributed by atoms with Crippen molar-refractivity contribution in [3.05, 3.63) is 23.1 Å². The van der Waals surface area contributed by atoms with Gasteiger partial charge in [0.1, 0.15) is 5.52 Å². The molecule has 1 saturated carbocycles. The Morgan fingerprint density at radius 2 is 2.24 bits per heavy atom. The predicted molar refractivity (Wildman–Crippen MR) is 86.6 cm³/mol. The van der Waals surface area contributed by atoms with Gasteiger partial charge in [0.2, 0.25) is 0 Å². The summed E-state index contributed by atoms with van der Waals surface area (Å²) in [5.41, 5.74) is 1.34. The summed E-state index contributed by atoms with van der Waals surface area (Å²) in [4.78, 5) is 4.48. The molecule has 0 saturated heterocycles. The van der Waals surface area contributed by atoms with Crippen LogP contribution in [0, 0.1) is 5.41 Å². The molecule has 0 amide bonds. The second-order valence-corrected chi connectivity index (χ2v) is 6.72. The molecule has 0 spiro atoms. The van der Waals surface area contributed by atoms with Crippen molar-refractivity contribution in [3.63, 3.8) is 0 Å². The highest BCUT2D eigenvalue weighted by Gasteiger charge is 2.33. The van der Waals surface area contributed by atoms with E-state index in [4.69, 9.17) is 4.74 Å². The molecule has 2 heterocycles. The molecule has 5 nitrogen and oxygen atoms in total. The zero-order valence-corrected chi connectivity index (χ0v) is 13.9. The molecule has 2 aromatic rings. The van der Waals surface area contributed by atoms with Crippen molar-refractivity contribution in [1.82, 2.24) is 14.6 Å². The molecule has 0 radical (unpaired) electrons. The van der Waals surface area contributed by atoms with Crippen LogP contribution in [0.4, 0.5) is 5.82 Å². The second-order valence-electron chi connectivity index (χ2n) is 5.86. The first-order chi connectivity index (χ1) is 10.2. The van der Waals surface area contributed by atoms with Crippen LogP contribution in [-0.4, -0.2) is 34.9 Å². The van der Waals surface area contributed by atoms with Crippen LogP contribution in [0.3, 0.4) is 0 Å². The van der Waals surface area contributed by atoms with Gasteiger partial charge in [-0.25, -0.2) is 9.50 Å². The number of fused-ring (bicyclic) bond motifs is 1. The highest BCUT2D eigenvalue weighted by Crippen LogP contribution is 2.41. The third-order valence-corrected chi connectivity index (χ3v) is 5.10. The number of methoxy groups -OCH3 is 1. The fraction of sp³-hybridized carbons (Fsp3) is 0.600. The first kappa shape index (κ1) is 14.8. The van der Waals surface area contributed by atoms with Gasteiger partial charge in [0.25, 0.3) is 0 Å². The number of halogens is 1. The largest absolute Gasteiger partial charge is 0.385 e. The summed E-state index contributed by atoms with van der Waals surface area (Å²) < 4.78 is 8.10. The topological polar surface area (TPSA) is 51.5 Å². The fourth-order valence-corrected chi connectivity index (χ4v) is 3.73. The van der Waals surface area contributed by atoms with E-state index >= 15 is 0 Å². The van der Waals surface area contributed by atoms with Crippen LogP contribution in [0.5, 0.6) is 0 Å². The first-order valence-corrected chi connectivity index (χ1v) is 8.24. The van der Waals surface area contributed by atoms with Crippen molar-refractivity contribution in [2.24, 2.45) is 5.41 Å². The highest BCUT2D eigenvalue weighted by molar-refractivity contribution is 9.10. The van der Waals surface area contributed by atoms with Crippen molar-refractivity contribution >= 4 is 27.3 Å². The molecule has 0 bridgehead atoms. The normalized spacial score (nSPS) is 17.4. The fourth-order valence-electron chi connectivity index (χ4n) is 3.27. The number of ether oxygens (including phenoxy) is 1. The number of hydrogen-bond donors (Lipinski definition) is 1. The molecule has 6 heteroatoms. The van der Waals surface area contributed by atoms with E-state index < -0.39 is 0 Å². The molecule has 3 rings (SSSR count). The lowest BCUT2D eigenvalue weighted by Crippen LogP contribution is -2.28. The third-order valence-electron chi connectivity index (χ3n) is 4.52. The maximum absolute atomic E-state index is 5.29. The van der Waals surface area contributed by atoms with E-state index in [-0.39, 0.29) is 0 Å². The molecular weight excluding hydrogens is 332 g/mol. The summed E-state index contributed by atoms with van der Waals surface area (Å²) in [5.74, 6) is 0.894. The lowest BCUT2D eigenvalue weighted by molar-refractivity contribution is 0.143. The van der Waals surface area contributed by atoms with E-state index in [0.717, 1.165) is 35.4 Å². The number of nitrogens with zero attached hydrogens (tertiary/aromatic N) is 3. The van der Waals surface area contributed by atoms with Crippen LogP contribution in [-0.2, 0) is 4.74 Å². The minimum absolute atomic E-state index is 0.344. The highest BCUT2D eigenvalue weighted by atomic mass is 79.9. The maximum Gasteiger partial charge on any atom is 0.153 e. The molecular formula is C15H21BrN4O. The molecule has 0 aromatic carbocycles. The van der Waals surface area contributed by atoms with Gasteiger partial charge in [-0.2, -0.15) is 5.10 Å². The summed E-state index contributed by atoms with van der Waals surface area (Å²) in [6.45, 7) is 1.77. The SMILES string of the molecule is COCCC1(CNc2nccn3ncc(Br)c23)CCCC1. The molecule has 1 aliphatic rings. The molecule has 0 atom stereocenters. The minimum atomic E-state index is 0.344. The number of anilines is 1. The summed E-state index contributed by atoms with van der Waals surface area (Å²) >= 11 is 3.54. The Morgan fingerprint density at radius 1 is 1.43 bits per heavy atom. The number of hydrogen-bond acceptors (Lipinski definition) is 4. The molecule has 21 heavy (non-hydrogen) atoms. The second kappa shape index (κ2) is 6.32. The van der Waals surface area contributed by atoms with Crippen LogP contribution < -0.4 is 5.32 Å². The number of nitrogens with one attached hydrogen (secondary N) is 1. The molecule has 1 fully saturated rings. The summed E-state index contributed by atoms with van der Waals surface area (Å²) in [7, 11) is 1.78. The quantitative estimate of drug-likeness (QED) is 0.864. The zero-order valence-electron chi connectivity index (χ0n) is 12.3. The van der Waals surface area contributed by atoms with Gasteiger partial charge in [0, 0.05) is 32.7 Å². The Morgan fingerprint density at radius 3 is 3.00 bits per heavy atom. The van der Waals surface area contributed by atoms with Crippen molar-refractivity contribution in [1.29, 1.82) is 0 Å². The predicted octanol–water partition coefficient (Wildman–Crippen LogP) is 3.50. The Kier molecular flexibility index (Phi) is 4.45. The summed E-state index contributed by atoms with van der Waals surface area (Å²) in [6, 6.07) is 0. The van der Waals surface area contributed by atoms with Gasteiger partial charge >= 0.3 is 0 Å². The number of rotatable bonds is 6. The van der Waals surface area contributed by atoms with E-state index in [1.54, 1.807) is 19.5 Å². The molecule has 2 aromatic heterocycles. The van der Waals surface area contributed by atoms with Gasteiger partial charge in [0.05, 0.1) is 10.7 Å². The van der Waals surface area contributed by atoms with Crippen molar-refractivity contribution < 1.29 is 4.74 Å². The van der Waals surface area contributed by atoms with Crippen LogP contribution in [0.25, 0.3) is 5.52 Å². The van der Waals surface area contributed by atoms with Gasteiger partial charge in [-0.15, -0.1) is 0 Å². The van der Waals surface area contributed by atoms with Gasteiger partial charge in [-0.05, 0) is 40.6 Å². The average Bonchev–Trinajstić information content (AvgIpc) is 3.12. The van der Waals surface area contributed by atoms with E-state index in [2.05, 4.69) is 31.3 Å².